The van der Waals surface area contributed by atoms with Crippen molar-refractivity contribution in [3.63, 3.8) is 0 Å². The Morgan fingerprint density at radius 2 is 1.30 bits per heavy atom. The normalized spacial score (nSPS) is 12.4. The third-order valence-electron chi connectivity index (χ3n) is 4.43. The maximum absolute atomic E-state index is 11.8. The van der Waals surface area contributed by atoms with Crippen LogP contribution in [0.5, 0.6) is 0 Å². The van der Waals surface area contributed by atoms with Gasteiger partial charge in [-0.05, 0) is 66.8 Å². The molecule has 0 saturated carbocycles. The van der Waals surface area contributed by atoms with Crippen molar-refractivity contribution >= 4 is 52.3 Å². The maximum atomic E-state index is 11.8. The zero-order valence-electron chi connectivity index (χ0n) is 14.2. The molecule has 4 N–H and O–H groups in total. The molecule has 130 valence electrons. The summed E-state index contributed by atoms with van der Waals surface area (Å²) in [6.45, 7) is 0. The highest BCUT2D eigenvalue weighted by Gasteiger charge is 2.08. The minimum Gasteiger partial charge on any atom is -0.366 e. The Balaban J connectivity index is 1.88. The van der Waals surface area contributed by atoms with E-state index in [2.05, 4.69) is 19.9 Å². The average Bonchev–Trinajstić information content (AvgIpc) is 3.38. The van der Waals surface area contributed by atoms with E-state index in [1.54, 1.807) is 6.07 Å². The zero-order chi connectivity index (χ0) is 18.4. The molecule has 0 fully saturated rings. The first-order valence-electron chi connectivity index (χ1n) is 8.51. The van der Waals surface area contributed by atoms with Crippen LogP contribution >= 0.6 is 0 Å². The van der Waals surface area contributed by atoms with E-state index in [0.29, 0.717) is 11.1 Å². The first kappa shape index (κ1) is 15.3. The van der Waals surface area contributed by atoms with Gasteiger partial charge in [0.25, 0.3) is 5.91 Å². The summed E-state index contributed by atoms with van der Waals surface area (Å²) in [5.74, 6) is -0.484. The number of nitrogens with two attached hydrogens (primary N) is 1. The minimum atomic E-state index is -0.484. The van der Waals surface area contributed by atoms with Crippen LogP contribution in [-0.2, 0) is 0 Å². The molecule has 0 aliphatic carbocycles. The number of carbonyl (C=O) groups excluding carboxylic acids is 1. The molecule has 2 aliphatic rings. The molecule has 6 heteroatoms. The van der Waals surface area contributed by atoms with Crippen LogP contribution in [-0.4, -0.2) is 25.8 Å². The molecule has 6 nitrogen and oxygen atoms in total. The number of nitrogens with one attached hydrogen (secondary N) is 2. The van der Waals surface area contributed by atoms with E-state index in [4.69, 9.17) is 5.73 Å². The van der Waals surface area contributed by atoms with Gasteiger partial charge < -0.3 is 15.7 Å². The van der Waals surface area contributed by atoms with Gasteiger partial charge in [0.2, 0.25) is 0 Å². The number of aromatic amines is 2. The second-order valence-electron chi connectivity index (χ2n) is 6.45. The summed E-state index contributed by atoms with van der Waals surface area (Å²) in [6, 6.07) is 13.3. The molecular weight excluding hydrogens is 338 g/mol. The van der Waals surface area contributed by atoms with Crippen molar-refractivity contribution in [3.05, 3.63) is 70.8 Å². The lowest BCUT2D eigenvalue weighted by molar-refractivity contribution is 0.100. The molecule has 27 heavy (non-hydrogen) atoms. The van der Waals surface area contributed by atoms with Crippen molar-refractivity contribution < 1.29 is 4.79 Å². The monoisotopic (exact) mass is 353 g/mol. The third-order valence-corrected chi connectivity index (χ3v) is 4.43. The zero-order valence-corrected chi connectivity index (χ0v) is 14.2. The summed E-state index contributed by atoms with van der Waals surface area (Å²) >= 11 is 0. The fraction of sp³-hybridized carbons (Fsp3) is 0. The molecule has 3 aromatic rings. The Kier molecular flexibility index (Phi) is 3.30. The molecule has 0 aromatic carbocycles. The standard InChI is InChI=1S/C21H15N5O/c22-21(27)19-10-18-9-16-4-3-14(24-16)7-12-1-2-13(23-12)8-15-5-6-17(25-15)11-20(19)26-18/h1-11,24,26H,(H2,22,27). The molecule has 0 spiro atoms. The highest BCUT2D eigenvalue weighted by atomic mass is 16.1. The molecule has 0 unspecified atom stereocenters. The van der Waals surface area contributed by atoms with Crippen molar-refractivity contribution in [2.45, 2.75) is 0 Å². The molecule has 5 rings (SSSR count). The molecule has 5 heterocycles. The third kappa shape index (κ3) is 2.93. The van der Waals surface area contributed by atoms with Gasteiger partial charge in [-0.2, -0.15) is 0 Å². The lowest BCUT2D eigenvalue weighted by atomic mass is 10.2. The maximum Gasteiger partial charge on any atom is 0.250 e. The fourth-order valence-corrected chi connectivity index (χ4v) is 3.22. The van der Waals surface area contributed by atoms with Gasteiger partial charge in [-0.3, -0.25) is 4.79 Å². The van der Waals surface area contributed by atoms with Crippen molar-refractivity contribution in [1.29, 1.82) is 0 Å². The second kappa shape index (κ2) is 5.81. The topological polar surface area (TPSA) is 100 Å². The Labute approximate surface area is 154 Å². The van der Waals surface area contributed by atoms with Gasteiger partial charge in [0.15, 0.2) is 0 Å². The van der Waals surface area contributed by atoms with E-state index in [0.717, 1.165) is 39.3 Å². The smallest absolute Gasteiger partial charge is 0.250 e. The van der Waals surface area contributed by atoms with E-state index in [1.165, 1.54) is 0 Å². The van der Waals surface area contributed by atoms with E-state index in [9.17, 15) is 4.79 Å². The SMILES string of the molecule is NC(=O)c1cc2cc3ccc(cc4nc(cc5nc(cc1[nH]2)C=C5)C=C4)[nH]3. The van der Waals surface area contributed by atoms with E-state index < -0.39 is 5.91 Å². The lowest BCUT2D eigenvalue weighted by Gasteiger charge is -1.89. The number of carbonyl (C=O) groups is 1. The van der Waals surface area contributed by atoms with Crippen LogP contribution in [0.4, 0.5) is 0 Å². The minimum absolute atomic E-state index is 0.430. The van der Waals surface area contributed by atoms with E-state index in [1.807, 2.05) is 60.7 Å². The fourth-order valence-electron chi connectivity index (χ4n) is 3.22. The van der Waals surface area contributed by atoms with Crippen molar-refractivity contribution in [2.75, 3.05) is 0 Å². The molecule has 0 radical (unpaired) electrons. The number of amides is 1. The highest BCUT2D eigenvalue weighted by Crippen LogP contribution is 2.19. The lowest BCUT2D eigenvalue weighted by Crippen LogP contribution is -2.09. The van der Waals surface area contributed by atoms with Crippen molar-refractivity contribution in [3.8, 4) is 0 Å². The number of aromatic nitrogens is 4. The molecule has 3 aromatic heterocycles. The molecule has 2 aliphatic heterocycles. The predicted octanol–water partition coefficient (Wildman–Crippen LogP) is 3.75. The largest absolute Gasteiger partial charge is 0.366 e. The highest BCUT2D eigenvalue weighted by molar-refractivity contribution is 6.02. The number of nitrogens with zero attached hydrogens (tertiary/aromatic N) is 2. The van der Waals surface area contributed by atoms with Crippen LogP contribution in [0.25, 0.3) is 46.4 Å². The van der Waals surface area contributed by atoms with Gasteiger partial charge in [-0.25, -0.2) is 9.97 Å². The number of primary amides is 1. The van der Waals surface area contributed by atoms with Crippen molar-refractivity contribution in [1.82, 2.24) is 19.9 Å². The molecular formula is C21H15N5O. The van der Waals surface area contributed by atoms with Gasteiger partial charge in [0, 0.05) is 16.6 Å². The van der Waals surface area contributed by atoms with E-state index in [-0.39, 0.29) is 0 Å². The van der Waals surface area contributed by atoms with E-state index >= 15 is 0 Å². The Hall–Kier alpha value is -3.93. The summed E-state index contributed by atoms with van der Waals surface area (Å²) in [7, 11) is 0. The molecule has 0 saturated heterocycles. The summed E-state index contributed by atoms with van der Waals surface area (Å²) in [6.07, 6.45) is 7.74. The van der Waals surface area contributed by atoms with Gasteiger partial charge in [-0.15, -0.1) is 0 Å². The van der Waals surface area contributed by atoms with Gasteiger partial charge >= 0.3 is 0 Å². The summed E-state index contributed by atoms with van der Waals surface area (Å²) in [5.41, 5.74) is 12.5. The van der Waals surface area contributed by atoms with Crippen LogP contribution in [0.1, 0.15) is 33.1 Å². The summed E-state index contributed by atoms with van der Waals surface area (Å²) < 4.78 is 0. The number of rotatable bonds is 1. The number of hydrogen-bond acceptors (Lipinski definition) is 3. The first-order chi connectivity index (χ1) is 13.1. The van der Waals surface area contributed by atoms with Crippen LogP contribution < -0.4 is 5.73 Å². The summed E-state index contributed by atoms with van der Waals surface area (Å²) in [5, 5.41) is 0. The van der Waals surface area contributed by atoms with Crippen LogP contribution in [0.3, 0.4) is 0 Å². The Morgan fingerprint density at radius 3 is 1.96 bits per heavy atom. The summed E-state index contributed by atoms with van der Waals surface area (Å²) in [4.78, 5) is 27.6. The first-order valence-corrected chi connectivity index (χ1v) is 8.51. The number of H-pyrrole nitrogens is 2. The Bertz CT molecular complexity index is 1310. The second-order valence-corrected chi connectivity index (χ2v) is 6.45. The quantitative estimate of drug-likeness (QED) is 0.428. The van der Waals surface area contributed by atoms with Crippen LogP contribution in [0.15, 0.2) is 42.5 Å². The molecule has 0 atom stereocenters. The Morgan fingerprint density at radius 1 is 0.704 bits per heavy atom. The average molecular weight is 353 g/mol. The number of hydrogen-bond donors (Lipinski definition) is 3. The molecule has 8 bridgehead atoms. The van der Waals surface area contributed by atoms with Gasteiger partial charge in [0.05, 0.1) is 33.9 Å². The van der Waals surface area contributed by atoms with Crippen LogP contribution in [0.2, 0.25) is 0 Å². The molecule has 1 amide bonds. The number of fused-ring (bicyclic) bond motifs is 8. The van der Waals surface area contributed by atoms with Crippen LogP contribution in [0, 0.1) is 0 Å². The van der Waals surface area contributed by atoms with Crippen molar-refractivity contribution in [2.24, 2.45) is 5.73 Å². The van der Waals surface area contributed by atoms with Gasteiger partial charge in [-0.1, -0.05) is 0 Å². The van der Waals surface area contributed by atoms with Gasteiger partial charge in [0.1, 0.15) is 0 Å². The predicted molar refractivity (Wildman–Crippen MR) is 107 cm³/mol.